The van der Waals surface area contributed by atoms with Crippen molar-refractivity contribution in [2.24, 2.45) is 5.73 Å². The number of nitrogens with two attached hydrogens (primary N) is 1. The van der Waals surface area contributed by atoms with Crippen molar-refractivity contribution in [1.82, 2.24) is 10.3 Å². The van der Waals surface area contributed by atoms with Crippen LogP contribution in [-0.2, 0) is 47.5 Å². The Bertz CT molecular complexity index is 756. The number of nitrogens with one attached hydrogen (secondary N) is 1. The molecule has 0 aromatic carbocycles. The number of primary amides is 1. The van der Waals surface area contributed by atoms with Gasteiger partial charge >= 0.3 is 0 Å². The number of pyridine rings is 1. The van der Waals surface area contributed by atoms with Crippen LogP contribution in [0, 0.1) is 0 Å². The summed E-state index contributed by atoms with van der Waals surface area (Å²) in [6.07, 6.45) is 2.43. The van der Waals surface area contributed by atoms with E-state index in [0.717, 1.165) is 10.8 Å². The molecule has 0 fully saturated rings. The minimum absolute atomic E-state index is 0.0144. The summed E-state index contributed by atoms with van der Waals surface area (Å²) in [4.78, 5) is 26.6. The van der Waals surface area contributed by atoms with Gasteiger partial charge in [-0.1, -0.05) is 16.9 Å². The largest absolute Gasteiger partial charge is 0.379 e. The smallest absolute Gasteiger partial charge is 0.220 e. The molecule has 13 nitrogen and oxygen atoms in total. The van der Waals surface area contributed by atoms with E-state index in [4.69, 9.17) is 43.6 Å². The Kier molecular flexibility index (Phi) is 28.3. The monoisotopic (exact) mass is 637 g/mol. The van der Waals surface area contributed by atoms with Gasteiger partial charge in [0.1, 0.15) is 5.03 Å². The summed E-state index contributed by atoms with van der Waals surface area (Å²) in [6, 6.07) is 5.77. The number of carbonyl (C=O) groups is 2. The van der Waals surface area contributed by atoms with Crippen molar-refractivity contribution >= 4 is 33.4 Å². The first-order chi connectivity index (χ1) is 20.7. The number of rotatable bonds is 32. The molecule has 1 aromatic rings. The van der Waals surface area contributed by atoms with E-state index in [9.17, 15) is 9.59 Å². The number of amides is 2. The molecule has 0 atom stereocenters. The fraction of sp³-hybridized carbons (Fsp3) is 0.741. The van der Waals surface area contributed by atoms with E-state index < -0.39 is 0 Å². The minimum Gasteiger partial charge on any atom is -0.379 e. The summed E-state index contributed by atoms with van der Waals surface area (Å²) in [7, 11) is 3.18. The molecule has 1 rings (SSSR count). The van der Waals surface area contributed by atoms with E-state index in [1.54, 1.807) is 27.8 Å². The Morgan fingerprint density at radius 1 is 0.643 bits per heavy atom. The summed E-state index contributed by atoms with van der Waals surface area (Å²) < 4.78 is 43.2. The lowest BCUT2D eigenvalue weighted by atomic mass is 10.4. The van der Waals surface area contributed by atoms with E-state index in [0.29, 0.717) is 119 Å². The van der Waals surface area contributed by atoms with Crippen LogP contribution in [0.2, 0.25) is 0 Å². The highest BCUT2D eigenvalue weighted by molar-refractivity contribution is 8.76. The number of carbonyl (C=O) groups excluding carboxylic acids is 2. The Morgan fingerprint density at radius 2 is 1.10 bits per heavy atom. The quantitative estimate of drug-likeness (QED) is 0.0862. The van der Waals surface area contributed by atoms with Gasteiger partial charge in [0.25, 0.3) is 0 Å². The van der Waals surface area contributed by atoms with Gasteiger partial charge in [0, 0.05) is 31.3 Å². The van der Waals surface area contributed by atoms with Crippen LogP contribution < -0.4 is 11.1 Å². The van der Waals surface area contributed by atoms with Gasteiger partial charge in [-0.05, 0) is 22.9 Å². The molecule has 242 valence electrons. The number of hydrogen-bond donors (Lipinski definition) is 2. The highest BCUT2D eigenvalue weighted by Gasteiger charge is 2.02. The molecular formula is C27H47N3O10S2. The third-order valence-corrected chi connectivity index (χ3v) is 7.13. The molecule has 15 heteroatoms. The third-order valence-electron chi connectivity index (χ3n) is 4.86. The van der Waals surface area contributed by atoms with Crippen LogP contribution in [0.4, 0.5) is 0 Å². The average molecular weight is 638 g/mol. The van der Waals surface area contributed by atoms with Crippen LogP contribution in [0.1, 0.15) is 12.8 Å². The van der Waals surface area contributed by atoms with E-state index >= 15 is 0 Å². The number of ether oxygens (including phenoxy) is 8. The molecular weight excluding hydrogens is 590 g/mol. The topological polar surface area (TPSA) is 159 Å². The molecule has 0 radical (unpaired) electrons. The van der Waals surface area contributed by atoms with E-state index in [1.807, 2.05) is 18.2 Å². The number of nitrogens with zero attached hydrogens (tertiary/aromatic N) is 1. The second-order valence-electron chi connectivity index (χ2n) is 8.29. The number of aromatic nitrogens is 1. The Balaban J connectivity index is 1.66. The number of hydrogen-bond acceptors (Lipinski definition) is 13. The maximum absolute atomic E-state index is 11.8. The zero-order valence-electron chi connectivity index (χ0n) is 24.4. The van der Waals surface area contributed by atoms with Gasteiger partial charge in [0.2, 0.25) is 11.8 Å². The predicted molar refractivity (Wildman–Crippen MR) is 161 cm³/mol. The average Bonchev–Trinajstić information content (AvgIpc) is 2.99. The second-order valence-corrected chi connectivity index (χ2v) is 10.7. The standard InChI is InChI=1S/C27H47N3O10S2/c28-25(31)4-8-33-10-12-35-14-16-37-18-20-39-22-23-40-21-19-38-17-15-36-13-11-34-9-7-29-26(32)5-24-41-42-27-3-1-2-6-30-27/h1-3,6H,4-5,7-24H2,(H2,28,31)(H,29,32). The van der Waals surface area contributed by atoms with Crippen molar-refractivity contribution in [3.8, 4) is 0 Å². The van der Waals surface area contributed by atoms with E-state index in [-0.39, 0.29) is 18.2 Å². The van der Waals surface area contributed by atoms with Gasteiger partial charge in [-0.15, -0.1) is 0 Å². The van der Waals surface area contributed by atoms with E-state index in [2.05, 4.69) is 10.3 Å². The Hall–Kier alpha value is -1.53. The van der Waals surface area contributed by atoms with Gasteiger partial charge in [-0.25, -0.2) is 4.98 Å². The molecule has 0 aliphatic carbocycles. The van der Waals surface area contributed by atoms with Crippen molar-refractivity contribution in [3.63, 3.8) is 0 Å². The summed E-state index contributed by atoms with van der Waals surface area (Å²) in [6.45, 7) is 7.86. The van der Waals surface area contributed by atoms with Crippen LogP contribution >= 0.6 is 21.6 Å². The van der Waals surface area contributed by atoms with Crippen molar-refractivity contribution < 1.29 is 47.5 Å². The minimum atomic E-state index is -0.376. The summed E-state index contributed by atoms with van der Waals surface area (Å²) in [5, 5.41) is 3.79. The first-order valence-electron chi connectivity index (χ1n) is 14.1. The maximum atomic E-state index is 11.8. The molecule has 2 amide bonds. The van der Waals surface area contributed by atoms with Gasteiger partial charge in [-0.2, -0.15) is 0 Å². The second kappa shape index (κ2) is 30.9. The van der Waals surface area contributed by atoms with Crippen LogP contribution in [0.25, 0.3) is 0 Å². The Morgan fingerprint density at radius 3 is 1.52 bits per heavy atom. The first-order valence-corrected chi connectivity index (χ1v) is 16.4. The summed E-state index contributed by atoms with van der Waals surface area (Å²) >= 11 is 0. The molecule has 0 spiro atoms. The summed E-state index contributed by atoms with van der Waals surface area (Å²) in [5.41, 5.74) is 5.01. The van der Waals surface area contributed by atoms with Crippen LogP contribution in [0.15, 0.2) is 29.4 Å². The maximum Gasteiger partial charge on any atom is 0.220 e. The molecule has 3 N–H and O–H groups in total. The van der Waals surface area contributed by atoms with Crippen molar-refractivity contribution in [2.45, 2.75) is 17.9 Å². The van der Waals surface area contributed by atoms with Crippen molar-refractivity contribution in [2.75, 3.05) is 118 Å². The Labute approximate surface area is 256 Å². The van der Waals surface area contributed by atoms with E-state index in [1.165, 1.54) is 0 Å². The zero-order chi connectivity index (χ0) is 30.2. The fourth-order valence-corrected chi connectivity index (χ4v) is 4.67. The van der Waals surface area contributed by atoms with Crippen molar-refractivity contribution in [3.05, 3.63) is 24.4 Å². The summed E-state index contributed by atoms with van der Waals surface area (Å²) in [5.74, 6) is 0.361. The molecule has 42 heavy (non-hydrogen) atoms. The lowest BCUT2D eigenvalue weighted by Gasteiger charge is -2.09. The zero-order valence-corrected chi connectivity index (χ0v) is 26.0. The van der Waals surface area contributed by atoms with Crippen LogP contribution in [-0.4, -0.2) is 135 Å². The lowest BCUT2D eigenvalue weighted by Crippen LogP contribution is -2.27. The highest BCUT2D eigenvalue weighted by atomic mass is 33.1. The van der Waals surface area contributed by atoms with Crippen LogP contribution in [0.5, 0.6) is 0 Å². The molecule has 0 saturated heterocycles. The molecule has 0 unspecified atom stereocenters. The molecule has 1 aromatic heterocycles. The lowest BCUT2D eigenvalue weighted by molar-refractivity contribution is -0.121. The molecule has 0 bridgehead atoms. The predicted octanol–water partition coefficient (Wildman–Crippen LogP) is 1.34. The van der Waals surface area contributed by atoms with Gasteiger partial charge in [-0.3, -0.25) is 9.59 Å². The van der Waals surface area contributed by atoms with Crippen LogP contribution in [0.3, 0.4) is 0 Å². The molecule has 0 aliphatic heterocycles. The first kappa shape index (κ1) is 38.5. The van der Waals surface area contributed by atoms with Gasteiger partial charge < -0.3 is 48.9 Å². The molecule has 0 aliphatic rings. The molecule has 0 saturated carbocycles. The highest BCUT2D eigenvalue weighted by Crippen LogP contribution is 2.29. The van der Waals surface area contributed by atoms with Crippen molar-refractivity contribution in [1.29, 1.82) is 0 Å². The normalized spacial score (nSPS) is 11.1. The molecule has 1 heterocycles. The fourth-order valence-electron chi connectivity index (χ4n) is 2.80. The van der Waals surface area contributed by atoms with Gasteiger partial charge in [0.05, 0.1) is 106 Å². The third kappa shape index (κ3) is 28.6. The van der Waals surface area contributed by atoms with Gasteiger partial charge in [0.15, 0.2) is 0 Å². The SMILES string of the molecule is NC(=O)CCOCCOCCOCCOCCOCCOCCOCCOCCNC(=O)CCSSc1ccccn1.